The maximum atomic E-state index is 13.8. The van der Waals surface area contributed by atoms with Crippen LogP contribution in [0.2, 0.25) is 0 Å². The number of para-hydroxylation sites is 1. The van der Waals surface area contributed by atoms with Crippen LogP contribution in [0.15, 0.2) is 47.4 Å². The minimum absolute atomic E-state index is 0.0398. The van der Waals surface area contributed by atoms with Crippen LogP contribution in [0.1, 0.15) is 25.7 Å². The highest BCUT2D eigenvalue weighted by molar-refractivity contribution is 7.89. The third-order valence-electron chi connectivity index (χ3n) is 6.08. The number of rotatable bonds is 5. The highest BCUT2D eigenvalue weighted by Crippen LogP contribution is 2.27. The van der Waals surface area contributed by atoms with Crippen LogP contribution in [0, 0.1) is 17.5 Å². The summed E-state index contributed by atoms with van der Waals surface area (Å²) in [6, 6.07) is 9.31. The predicted molar refractivity (Wildman–Crippen MR) is 110 cm³/mol. The third kappa shape index (κ3) is 4.88. The van der Waals surface area contributed by atoms with E-state index in [1.54, 1.807) is 18.2 Å². The van der Waals surface area contributed by atoms with Crippen LogP contribution >= 0.6 is 0 Å². The van der Waals surface area contributed by atoms with Gasteiger partial charge in [0.15, 0.2) is 23.2 Å². The predicted octanol–water partition coefficient (Wildman–Crippen LogP) is 3.80. The van der Waals surface area contributed by atoms with Gasteiger partial charge in [0.05, 0.1) is 4.90 Å². The molecule has 31 heavy (non-hydrogen) atoms. The van der Waals surface area contributed by atoms with Crippen LogP contribution in [0.3, 0.4) is 0 Å². The van der Waals surface area contributed by atoms with Crippen molar-refractivity contribution in [3.8, 4) is 5.75 Å². The van der Waals surface area contributed by atoms with Gasteiger partial charge in [0, 0.05) is 32.2 Å². The summed E-state index contributed by atoms with van der Waals surface area (Å²) in [7, 11) is -3.85. The first-order valence-corrected chi connectivity index (χ1v) is 11.9. The lowest BCUT2D eigenvalue weighted by Gasteiger charge is -2.41. The molecule has 9 heteroatoms. The zero-order valence-corrected chi connectivity index (χ0v) is 17.8. The molecule has 0 amide bonds. The minimum Gasteiger partial charge on any atom is -0.487 e. The SMILES string of the molecule is O=S(=O)(c1ccc(F)c(F)c1)N1CCC(N2CCC(Oc3ccccc3F)CC2)CC1. The fourth-order valence-corrected chi connectivity index (χ4v) is 5.79. The van der Waals surface area contributed by atoms with Gasteiger partial charge in [-0.25, -0.2) is 21.6 Å². The molecule has 0 bridgehead atoms. The summed E-state index contributed by atoms with van der Waals surface area (Å²) in [5, 5.41) is 0. The molecule has 0 radical (unpaired) electrons. The molecule has 0 atom stereocenters. The van der Waals surface area contributed by atoms with Gasteiger partial charge < -0.3 is 9.64 Å². The van der Waals surface area contributed by atoms with E-state index in [-0.39, 0.29) is 28.6 Å². The first-order chi connectivity index (χ1) is 14.8. The lowest BCUT2D eigenvalue weighted by atomic mass is 10.00. The number of nitrogens with zero attached hydrogens (tertiary/aromatic N) is 2. The molecule has 5 nitrogen and oxygen atoms in total. The van der Waals surface area contributed by atoms with Crippen LogP contribution in [0.25, 0.3) is 0 Å². The summed E-state index contributed by atoms with van der Waals surface area (Å²) in [6.45, 7) is 2.27. The average Bonchev–Trinajstić information content (AvgIpc) is 2.78. The number of ether oxygens (including phenoxy) is 1. The molecule has 2 saturated heterocycles. The molecule has 0 aliphatic carbocycles. The molecule has 168 valence electrons. The van der Waals surface area contributed by atoms with E-state index < -0.39 is 21.7 Å². The molecule has 0 N–H and O–H groups in total. The molecule has 0 saturated carbocycles. The second-order valence-corrected chi connectivity index (χ2v) is 9.93. The molecule has 0 aromatic heterocycles. The van der Waals surface area contributed by atoms with E-state index in [0.717, 1.165) is 44.1 Å². The summed E-state index contributed by atoms with van der Waals surface area (Å²) >= 11 is 0. The average molecular weight is 455 g/mol. The molecule has 2 aliphatic heterocycles. The van der Waals surface area contributed by atoms with Gasteiger partial charge in [-0.2, -0.15) is 4.31 Å². The third-order valence-corrected chi connectivity index (χ3v) is 7.97. The Morgan fingerprint density at radius 1 is 0.806 bits per heavy atom. The van der Waals surface area contributed by atoms with Crippen molar-refractivity contribution in [1.29, 1.82) is 0 Å². The van der Waals surface area contributed by atoms with Gasteiger partial charge in [0.2, 0.25) is 10.0 Å². The Labute approximate surface area is 180 Å². The fraction of sp³-hybridized carbons (Fsp3) is 0.455. The molecule has 2 aliphatic rings. The minimum atomic E-state index is -3.85. The van der Waals surface area contributed by atoms with Crippen molar-refractivity contribution < 1.29 is 26.3 Å². The number of halogens is 3. The van der Waals surface area contributed by atoms with Gasteiger partial charge >= 0.3 is 0 Å². The standard InChI is InChI=1S/C22H25F3N2O3S/c23-19-6-5-18(15-21(19)25)31(28,29)27-13-7-16(8-14-27)26-11-9-17(10-12-26)30-22-4-2-1-3-20(22)24/h1-6,15-17H,7-14H2. The quantitative estimate of drug-likeness (QED) is 0.690. The van der Waals surface area contributed by atoms with Crippen molar-refractivity contribution in [2.75, 3.05) is 26.2 Å². The van der Waals surface area contributed by atoms with E-state index in [0.29, 0.717) is 25.9 Å². The first kappa shape index (κ1) is 22.1. The first-order valence-electron chi connectivity index (χ1n) is 10.4. The van der Waals surface area contributed by atoms with E-state index in [4.69, 9.17) is 4.74 Å². The summed E-state index contributed by atoms with van der Waals surface area (Å²) in [4.78, 5) is 2.11. The zero-order valence-electron chi connectivity index (χ0n) is 17.0. The number of hydrogen-bond acceptors (Lipinski definition) is 4. The maximum Gasteiger partial charge on any atom is 0.243 e. The second-order valence-electron chi connectivity index (χ2n) is 7.99. The van der Waals surface area contributed by atoms with Gasteiger partial charge in [0.25, 0.3) is 0 Å². The molecular formula is C22H25F3N2O3S. The summed E-state index contributed by atoms with van der Waals surface area (Å²) < 4.78 is 73.0. The topological polar surface area (TPSA) is 49.9 Å². The monoisotopic (exact) mass is 454 g/mol. The number of hydrogen-bond donors (Lipinski definition) is 0. The number of likely N-dealkylation sites (tertiary alicyclic amines) is 1. The van der Waals surface area contributed by atoms with Crippen molar-refractivity contribution in [2.45, 2.75) is 42.7 Å². The summed E-state index contributed by atoms with van der Waals surface area (Å²) in [5.74, 6) is -2.33. The van der Waals surface area contributed by atoms with E-state index in [2.05, 4.69) is 4.90 Å². The summed E-state index contributed by atoms with van der Waals surface area (Å²) in [6.07, 6.45) is 2.86. The van der Waals surface area contributed by atoms with Gasteiger partial charge in [-0.05, 0) is 56.0 Å². The number of piperidine rings is 2. The molecule has 2 fully saturated rings. The van der Waals surface area contributed by atoms with Gasteiger partial charge in [-0.1, -0.05) is 12.1 Å². The Morgan fingerprint density at radius 2 is 1.48 bits per heavy atom. The molecular weight excluding hydrogens is 429 g/mol. The highest BCUT2D eigenvalue weighted by atomic mass is 32.2. The molecule has 4 rings (SSSR count). The lowest BCUT2D eigenvalue weighted by molar-refractivity contribution is 0.0568. The largest absolute Gasteiger partial charge is 0.487 e. The number of benzene rings is 2. The van der Waals surface area contributed by atoms with Crippen LogP contribution in [-0.2, 0) is 10.0 Å². The maximum absolute atomic E-state index is 13.8. The van der Waals surface area contributed by atoms with Gasteiger partial charge in [-0.3, -0.25) is 0 Å². The summed E-state index contributed by atoms with van der Waals surface area (Å²) in [5.41, 5.74) is 0. The molecule has 0 spiro atoms. The van der Waals surface area contributed by atoms with E-state index in [1.165, 1.54) is 10.4 Å². The van der Waals surface area contributed by atoms with Gasteiger partial charge in [0.1, 0.15) is 6.10 Å². The van der Waals surface area contributed by atoms with Crippen LogP contribution in [-0.4, -0.2) is 55.9 Å². The van der Waals surface area contributed by atoms with Crippen LogP contribution in [0.4, 0.5) is 13.2 Å². The van der Waals surface area contributed by atoms with Gasteiger partial charge in [-0.15, -0.1) is 0 Å². The lowest BCUT2D eigenvalue weighted by Crippen LogP contribution is -2.50. The van der Waals surface area contributed by atoms with E-state index in [1.807, 2.05) is 0 Å². The van der Waals surface area contributed by atoms with E-state index in [9.17, 15) is 21.6 Å². The zero-order chi connectivity index (χ0) is 22.0. The normalized spacial score (nSPS) is 20.1. The van der Waals surface area contributed by atoms with Crippen molar-refractivity contribution in [3.63, 3.8) is 0 Å². The molecule has 2 aromatic rings. The van der Waals surface area contributed by atoms with E-state index >= 15 is 0 Å². The van der Waals surface area contributed by atoms with Crippen molar-refractivity contribution in [3.05, 3.63) is 59.9 Å². The van der Waals surface area contributed by atoms with Crippen molar-refractivity contribution in [1.82, 2.24) is 9.21 Å². The Kier molecular flexibility index (Phi) is 6.55. The van der Waals surface area contributed by atoms with Crippen molar-refractivity contribution in [2.24, 2.45) is 0 Å². The second kappa shape index (κ2) is 9.18. The smallest absolute Gasteiger partial charge is 0.243 e. The molecule has 2 aromatic carbocycles. The molecule has 0 unspecified atom stereocenters. The van der Waals surface area contributed by atoms with Crippen LogP contribution in [0.5, 0.6) is 5.75 Å². The molecule has 2 heterocycles. The Hall–Kier alpha value is -2.10. The Morgan fingerprint density at radius 3 is 2.13 bits per heavy atom. The fourth-order valence-electron chi connectivity index (χ4n) is 4.31. The highest BCUT2D eigenvalue weighted by Gasteiger charge is 2.33. The Balaban J connectivity index is 1.29. The Bertz CT molecular complexity index is 1020. The van der Waals surface area contributed by atoms with Crippen molar-refractivity contribution >= 4 is 10.0 Å². The number of sulfonamides is 1. The van der Waals surface area contributed by atoms with Crippen LogP contribution < -0.4 is 4.74 Å².